The lowest BCUT2D eigenvalue weighted by Gasteiger charge is -2.13. The molecule has 2 aromatic rings. The lowest BCUT2D eigenvalue weighted by atomic mass is 10.0. The molecule has 0 fully saturated rings. The van der Waals surface area contributed by atoms with Gasteiger partial charge in [0.25, 0.3) is 0 Å². The van der Waals surface area contributed by atoms with E-state index in [1.54, 1.807) is 18.4 Å². The van der Waals surface area contributed by atoms with Crippen molar-refractivity contribution < 1.29 is 4.74 Å². The first-order valence-electron chi connectivity index (χ1n) is 5.56. The summed E-state index contributed by atoms with van der Waals surface area (Å²) in [5.74, 6) is 0.851. The van der Waals surface area contributed by atoms with Gasteiger partial charge in [-0.25, -0.2) is 0 Å². The minimum atomic E-state index is -0.158. The molecule has 1 aromatic carbocycles. The zero-order chi connectivity index (χ0) is 13.3. The van der Waals surface area contributed by atoms with Crippen molar-refractivity contribution in [1.82, 2.24) is 0 Å². The molecule has 1 heterocycles. The van der Waals surface area contributed by atoms with E-state index in [2.05, 4.69) is 6.07 Å². The molecule has 0 saturated carbocycles. The highest BCUT2D eigenvalue weighted by Gasteiger charge is 2.17. The number of ether oxygens (including phenoxy) is 1. The Morgan fingerprint density at radius 3 is 2.50 bits per heavy atom. The standard InChI is InChI=1S/C14H14Cl2OS/c1-8-5-12(15)9(2)4-11(8)14(16)13-6-10(17-3)7-18-13/h4-7,14H,1-3H3. The summed E-state index contributed by atoms with van der Waals surface area (Å²) < 4.78 is 5.18. The molecular weight excluding hydrogens is 287 g/mol. The van der Waals surface area contributed by atoms with Crippen LogP contribution < -0.4 is 4.74 Å². The quantitative estimate of drug-likeness (QED) is 0.694. The smallest absolute Gasteiger partial charge is 0.129 e. The summed E-state index contributed by atoms with van der Waals surface area (Å²) in [5.41, 5.74) is 3.26. The third-order valence-corrected chi connectivity index (χ3v) is 4.88. The van der Waals surface area contributed by atoms with Gasteiger partial charge in [0, 0.05) is 15.3 Å². The van der Waals surface area contributed by atoms with Gasteiger partial charge < -0.3 is 4.74 Å². The second kappa shape index (κ2) is 5.52. The topological polar surface area (TPSA) is 9.23 Å². The molecule has 1 atom stereocenters. The van der Waals surface area contributed by atoms with Crippen molar-refractivity contribution >= 4 is 34.5 Å². The van der Waals surface area contributed by atoms with E-state index in [0.717, 1.165) is 32.3 Å². The molecule has 0 spiro atoms. The molecule has 0 aliphatic rings. The Kier molecular flexibility index (Phi) is 4.21. The fraction of sp³-hybridized carbons (Fsp3) is 0.286. The minimum Gasteiger partial charge on any atom is -0.496 e. The van der Waals surface area contributed by atoms with Crippen LogP contribution in [0.3, 0.4) is 0 Å². The van der Waals surface area contributed by atoms with Gasteiger partial charge in [0.05, 0.1) is 12.5 Å². The summed E-state index contributed by atoms with van der Waals surface area (Å²) in [6.07, 6.45) is 0. The summed E-state index contributed by atoms with van der Waals surface area (Å²) in [6, 6.07) is 6.00. The molecule has 0 radical (unpaired) electrons. The average Bonchev–Trinajstić information content (AvgIpc) is 2.81. The Bertz CT molecular complexity index is 563. The maximum Gasteiger partial charge on any atom is 0.129 e. The van der Waals surface area contributed by atoms with Gasteiger partial charge in [-0.05, 0) is 42.7 Å². The zero-order valence-corrected chi connectivity index (χ0v) is 12.8. The van der Waals surface area contributed by atoms with Crippen LogP contribution in [0.5, 0.6) is 5.75 Å². The number of benzene rings is 1. The number of rotatable bonds is 3. The predicted molar refractivity (Wildman–Crippen MR) is 79.5 cm³/mol. The van der Waals surface area contributed by atoms with Gasteiger partial charge in [-0.3, -0.25) is 0 Å². The summed E-state index contributed by atoms with van der Waals surface area (Å²) in [6.45, 7) is 4.02. The first-order valence-corrected chi connectivity index (χ1v) is 7.25. The van der Waals surface area contributed by atoms with Crippen LogP contribution in [0, 0.1) is 13.8 Å². The van der Waals surface area contributed by atoms with E-state index in [4.69, 9.17) is 27.9 Å². The van der Waals surface area contributed by atoms with Crippen LogP contribution in [0.25, 0.3) is 0 Å². The van der Waals surface area contributed by atoms with Crippen LogP contribution in [0.1, 0.15) is 26.9 Å². The van der Waals surface area contributed by atoms with Gasteiger partial charge in [-0.15, -0.1) is 22.9 Å². The van der Waals surface area contributed by atoms with Gasteiger partial charge in [-0.1, -0.05) is 17.7 Å². The third-order valence-electron chi connectivity index (χ3n) is 2.90. The van der Waals surface area contributed by atoms with E-state index < -0.39 is 0 Å². The molecule has 96 valence electrons. The van der Waals surface area contributed by atoms with Gasteiger partial charge in [0.2, 0.25) is 0 Å². The number of hydrogen-bond donors (Lipinski definition) is 0. The fourth-order valence-electron chi connectivity index (χ4n) is 1.80. The lowest BCUT2D eigenvalue weighted by Crippen LogP contribution is -1.95. The van der Waals surface area contributed by atoms with Crippen LogP contribution in [-0.2, 0) is 0 Å². The van der Waals surface area contributed by atoms with E-state index in [0.29, 0.717) is 0 Å². The van der Waals surface area contributed by atoms with Crippen molar-refractivity contribution in [3.63, 3.8) is 0 Å². The van der Waals surface area contributed by atoms with Crippen LogP contribution in [-0.4, -0.2) is 7.11 Å². The Balaban J connectivity index is 2.39. The first kappa shape index (κ1) is 13.7. The molecule has 0 N–H and O–H groups in total. The number of halogens is 2. The summed E-state index contributed by atoms with van der Waals surface area (Å²) in [5, 5.41) is 2.58. The predicted octanol–water partition coefficient (Wildman–Crippen LogP) is 5.36. The second-order valence-electron chi connectivity index (χ2n) is 4.21. The minimum absolute atomic E-state index is 0.158. The lowest BCUT2D eigenvalue weighted by molar-refractivity contribution is 0.416. The second-order valence-corrected chi connectivity index (χ2v) is 6.00. The van der Waals surface area contributed by atoms with Crippen molar-refractivity contribution in [2.45, 2.75) is 19.2 Å². The molecule has 0 aliphatic carbocycles. The fourth-order valence-corrected chi connectivity index (χ4v) is 3.32. The summed E-state index contributed by atoms with van der Waals surface area (Å²) >= 11 is 14.3. The average molecular weight is 301 g/mol. The van der Waals surface area contributed by atoms with Gasteiger partial charge in [0.1, 0.15) is 5.75 Å². The van der Waals surface area contributed by atoms with E-state index in [1.165, 1.54) is 0 Å². The number of methoxy groups -OCH3 is 1. The number of thiophene rings is 1. The normalized spacial score (nSPS) is 12.5. The molecule has 1 nitrogen and oxygen atoms in total. The maximum absolute atomic E-state index is 6.54. The Morgan fingerprint density at radius 1 is 1.17 bits per heavy atom. The van der Waals surface area contributed by atoms with Crippen molar-refractivity contribution in [1.29, 1.82) is 0 Å². The molecule has 1 unspecified atom stereocenters. The van der Waals surface area contributed by atoms with Crippen molar-refractivity contribution in [3.8, 4) is 5.75 Å². The van der Waals surface area contributed by atoms with Crippen LogP contribution in [0.4, 0.5) is 0 Å². The van der Waals surface area contributed by atoms with E-state index in [-0.39, 0.29) is 5.38 Å². The number of hydrogen-bond acceptors (Lipinski definition) is 2. The molecule has 0 aliphatic heterocycles. The first-order chi connectivity index (χ1) is 8.52. The highest BCUT2D eigenvalue weighted by molar-refractivity contribution is 7.10. The Labute approximate surface area is 121 Å². The molecule has 18 heavy (non-hydrogen) atoms. The summed E-state index contributed by atoms with van der Waals surface area (Å²) in [7, 11) is 1.66. The highest BCUT2D eigenvalue weighted by Crippen LogP contribution is 2.38. The summed E-state index contributed by atoms with van der Waals surface area (Å²) in [4.78, 5) is 1.08. The van der Waals surface area contributed by atoms with Crippen molar-refractivity contribution in [2.24, 2.45) is 0 Å². The Morgan fingerprint density at radius 2 is 1.89 bits per heavy atom. The molecule has 1 aromatic heterocycles. The maximum atomic E-state index is 6.54. The largest absolute Gasteiger partial charge is 0.496 e. The van der Waals surface area contributed by atoms with Crippen LogP contribution >= 0.6 is 34.5 Å². The van der Waals surface area contributed by atoms with Crippen LogP contribution in [0.15, 0.2) is 23.6 Å². The van der Waals surface area contributed by atoms with Gasteiger partial charge in [-0.2, -0.15) is 0 Å². The molecule has 0 saturated heterocycles. The van der Waals surface area contributed by atoms with Crippen molar-refractivity contribution in [2.75, 3.05) is 7.11 Å². The molecule has 4 heteroatoms. The molecular formula is C14H14Cl2OS. The Hall–Kier alpha value is -0.700. The van der Waals surface area contributed by atoms with Gasteiger partial charge in [0.15, 0.2) is 0 Å². The van der Waals surface area contributed by atoms with E-state index >= 15 is 0 Å². The van der Waals surface area contributed by atoms with Gasteiger partial charge >= 0.3 is 0 Å². The van der Waals surface area contributed by atoms with E-state index in [1.807, 2.05) is 31.4 Å². The monoisotopic (exact) mass is 300 g/mol. The third kappa shape index (κ3) is 2.66. The van der Waals surface area contributed by atoms with Crippen LogP contribution in [0.2, 0.25) is 5.02 Å². The molecule has 0 amide bonds. The van der Waals surface area contributed by atoms with E-state index in [9.17, 15) is 0 Å². The highest BCUT2D eigenvalue weighted by atomic mass is 35.5. The molecule has 2 rings (SSSR count). The number of alkyl halides is 1. The molecule has 0 bridgehead atoms. The van der Waals surface area contributed by atoms with Crippen molar-refractivity contribution in [3.05, 3.63) is 50.2 Å². The number of aryl methyl sites for hydroxylation is 2. The SMILES string of the molecule is COc1csc(C(Cl)c2cc(C)c(Cl)cc2C)c1. The zero-order valence-electron chi connectivity index (χ0n) is 10.5.